The highest BCUT2D eigenvalue weighted by Gasteiger charge is 2.18. The SMILES string of the molecule is C#CC=C.C=CC.CCCCc1cc(NC(=O)NC)n(-c2cccc(CNC(=O)N3CCN(C)CC3)c2)n1. The van der Waals surface area contributed by atoms with Crippen molar-refractivity contribution in [2.24, 2.45) is 0 Å². The third kappa shape index (κ3) is 11.4. The van der Waals surface area contributed by atoms with E-state index in [1.807, 2.05) is 42.2 Å². The van der Waals surface area contributed by atoms with Gasteiger partial charge in [-0.3, -0.25) is 5.32 Å². The number of piperazine rings is 1. The molecule has 9 heteroatoms. The number of amides is 4. The second kappa shape index (κ2) is 18.3. The van der Waals surface area contributed by atoms with E-state index in [9.17, 15) is 9.59 Å². The molecule has 1 saturated heterocycles. The van der Waals surface area contributed by atoms with Gasteiger partial charge in [0.25, 0.3) is 0 Å². The number of anilines is 1. The minimum Gasteiger partial charge on any atom is -0.341 e. The largest absolute Gasteiger partial charge is 0.341 e. The summed E-state index contributed by atoms with van der Waals surface area (Å²) in [6, 6.07) is 9.41. The molecule has 2 heterocycles. The number of hydrogen-bond acceptors (Lipinski definition) is 4. The topological polar surface area (TPSA) is 94.5 Å². The monoisotopic (exact) mass is 521 g/mol. The minimum atomic E-state index is -0.293. The summed E-state index contributed by atoms with van der Waals surface area (Å²) in [5.41, 5.74) is 2.74. The summed E-state index contributed by atoms with van der Waals surface area (Å²) < 4.78 is 1.74. The lowest BCUT2D eigenvalue weighted by atomic mass is 10.2. The van der Waals surface area contributed by atoms with Crippen molar-refractivity contribution >= 4 is 17.9 Å². The van der Waals surface area contributed by atoms with Crippen LogP contribution in [-0.2, 0) is 13.0 Å². The molecule has 0 unspecified atom stereocenters. The van der Waals surface area contributed by atoms with Crippen LogP contribution in [-0.4, -0.2) is 71.9 Å². The molecule has 3 rings (SSSR count). The Morgan fingerprint density at radius 1 is 1.18 bits per heavy atom. The maximum absolute atomic E-state index is 12.5. The first-order chi connectivity index (χ1) is 18.3. The van der Waals surface area contributed by atoms with E-state index < -0.39 is 0 Å². The van der Waals surface area contributed by atoms with Gasteiger partial charge in [0.1, 0.15) is 5.82 Å². The smallest absolute Gasteiger partial charge is 0.320 e. The lowest BCUT2D eigenvalue weighted by Crippen LogP contribution is -2.50. The highest BCUT2D eigenvalue weighted by Crippen LogP contribution is 2.20. The van der Waals surface area contributed by atoms with Gasteiger partial charge < -0.3 is 20.4 Å². The fourth-order valence-corrected chi connectivity index (χ4v) is 3.47. The molecule has 0 bridgehead atoms. The first kappa shape index (κ1) is 32.0. The number of nitrogens with zero attached hydrogens (tertiary/aromatic N) is 4. The van der Waals surface area contributed by atoms with E-state index >= 15 is 0 Å². The van der Waals surface area contributed by atoms with Gasteiger partial charge in [-0.2, -0.15) is 5.10 Å². The maximum Gasteiger partial charge on any atom is 0.320 e. The molecule has 1 aromatic carbocycles. The fourth-order valence-electron chi connectivity index (χ4n) is 3.47. The number of likely N-dealkylation sites (N-methyl/N-ethyl adjacent to an activating group) is 1. The number of benzene rings is 1. The van der Waals surface area contributed by atoms with Crippen LogP contribution in [0.5, 0.6) is 0 Å². The Balaban J connectivity index is 0.000000923. The molecular weight excluding hydrogens is 478 g/mol. The number of unbranched alkanes of at least 4 members (excludes halogenated alkanes) is 1. The molecule has 3 N–H and O–H groups in total. The Morgan fingerprint density at radius 2 is 1.84 bits per heavy atom. The Bertz CT molecular complexity index is 1060. The minimum absolute atomic E-state index is 0.0404. The average molecular weight is 522 g/mol. The van der Waals surface area contributed by atoms with Gasteiger partial charge in [0, 0.05) is 45.8 Å². The van der Waals surface area contributed by atoms with Gasteiger partial charge >= 0.3 is 12.1 Å². The Kier molecular flexibility index (Phi) is 15.4. The van der Waals surface area contributed by atoms with Gasteiger partial charge in [0.15, 0.2) is 0 Å². The summed E-state index contributed by atoms with van der Waals surface area (Å²) in [5.74, 6) is 2.81. The predicted molar refractivity (Wildman–Crippen MR) is 156 cm³/mol. The van der Waals surface area contributed by atoms with Gasteiger partial charge in [0.2, 0.25) is 0 Å². The lowest BCUT2D eigenvalue weighted by molar-refractivity contribution is 0.154. The molecule has 38 heavy (non-hydrogen) atoms. The van der Waals surface area contributed by atoms with Gasteiger partial charge in [-0.1, -0.05) is 44.1 Å². The van der Waals surface area contributed by atoms with E-state index in [1.165, 1.54) is 6.08 Å². The fraction of sp³-hybridized carbons (Fsp3) is 0.414. The predicted octanol–water partition coefficient (Wildman–Crippen LogP) is 4.42. The number of rotatable bonds is 7. The molecule has 0 radical (unpaired) electrons. The molecular formula is C29H43N7O2. The van der Waals surface area contributed by atoms with Crippen LogP contribution in [0.4, 0.5) is 15.4 Å². The lowest BCUT2D eigenvalue weighted by Gasteiger charge is -2.32. The normalized spacial score (nSPS) is 12.4. The Labute approximate surface area is 228 Å². The molecule has 1 aliphatic heterocycles. The number of hydrogen-bond donors (Lipinski definition) is 3. The highest BCUT2D eigenvalue weighted by molar-refractivity contribution is 5.88. The van der Waals surface area contributed by atoms with E-state index in [-0.39, 0.29) is 12.1 Å². The summed E-state index contributed by atoms with van der Waals surface area (Å²) in [5, 5.41) is 13.1. The van der Waals surface area contributed by atoms with E-state index in [2.05, 4.69) is 60.3 Å². The zero-order valence-corrected chi connectivity index (χ0v) is 23.3. The molecule has 9 nitrogen and oxygen atoms in total. The molecule has 0 spiro atoms. The average Bonchev–Trinajstić information content (AvgIpc) is 3.34. The number of urea groups is 2. The van der Waals surface area contributed by atoms with Crippen LogP contribution >= 0.6 is 0 Å². The van der Waals surface area contributed by atoms with Gasteiger partial charge in [-0.15, -0.1) is 13.0 Å². The third-order valence-corrected chi connectivity index (χ3v) is 5.52. The van der Waals surface area contributed by atoms with Crippen LogP contribution in [0, 0.1) is 12.3 Å². The number of carbonyl (C=O) groups excluding carboxylic acids is 2. The number of allylic oxidation sites excluding steroid dienone is 2. The summed E-state index contributed by atoms with van der Waals surface area (Å²) in [4.78, 5) is 28.4. The second-order valence-electron chi connectivity index (χ2n) is 8.64. The number of terminal acetylenes is 1. The second-order valence-corrected chi connectivity index (χ2v) is 8.64. The van der Waals surface area contributed by atoms with Crippen LogP contribution < -0.4 is 16.0 Å². The first-order valence-electron chi connectivity index (χ1n) is 12.9. The van der Waals surface area contributed by atoms with Gasteiger partial charge in [0.05, 0.1) is 11.4 Å². The van der Waals surface area contributed by atoms with Crippen LogP contribution in [0.1, 0.15) is 37.9 Å². The summed E-state index contributed by atoms with van der Waals surface area (Å²) in [6.45, 7) is 14.3. The van der Waals surface area contributed by atoms with Crippen LogP contribution in [0.3, 0.4) is 0 Å². The molecule has 1 aliphatic rings. The van der Waals surface area contributed by atoms with Crippen molar-refractivity contribution in [1.82, 2.24) is 30.2 Å². The van der Waals surface area contributed by atoms with Crippen molar-refractivity contribution in [2.45, 2.75) is 39.7 Å². The quantitative estimate of drug-likeness (QED) is 0.371. The van der Waals surface area contributed by atoms with E-state index in [4.69, 9.17) is 5.10 Å². The standard InChI is InChI=1S/C22H33N7O2.C4H4.C3H6/c1-4-5-8-18-15-20(25-21(30)23-2)29(26-18)19-9-6-7-17(14-19)16-24-22(31)28-12-10-27(3)11-13-28;1-3-4-2;1-3-2/h6-7,9,14-15H,4-5,8,10-13,16H2,1-3H3,(H,24,31)(H2,23,25,30);1,4H,2H2;3H,1H2,2H3. The van der Waals surface area contributed by atoms with Gasteiger partial charge in [-0.25, -0.2) is 14.3 Å². The highest BCUT2D eigenvalue weighted by atomic mass is 16.2. The number of aryl methyl sites for hydroxylation is 1. The van der Waals surface area contributed by atoms with Crippen molar-refractivity contribution in [3.63, 3.8) is 0 Å². The van der Waals surface area contributed by atoms with Crippen LogP contribution in [0.15, 0.2) is 55.6 Å². The van der Waals surface area contributed by atoms with E-state index in [0.29, 0.717) is 12.4 Å². The van der Waals surface area contributed by atoms with Crippen molar-refractivity contribution in [1.29, 1.82) is 0 Å². The maximum atomic E-state index is 12.5. The Hall–Kier alpha value is -4.03. The van der Waals surface area contributed by atoms with Gasteiger partial charge in [-0.05, 0) is 50.6 Å². The Morgan fingerprint density at radius 3 is 2.42 bits per heavy atom. The number of carbonyl (C=O) groups is 2. The van der Waals surface area contributed by atoms with Crippen molar-refractivity contribution in [3.05, 3.63) is 66.9 Å². The molecule has 0 saturated carbocycles. The molecule has 1 aromatic heterocycles. The molecule has 0 aliphatic carbocycles. The molecule has 2 aromatic rings. The number of nitrogens with one attached hydrogen (secondary N) is 3. The first-order valence-corrected chi connectivity index (χ1v) is 12.9. The molecule has 206 valence electrons. The zero-order valence-electron chi connectivity index (χ0n) is 23.3. The zero-order chi connectivity index (χ0) is 28.3. The summed E-state index contributed by atoms with van der Waals surface area (Å²) in [6.07, 6.45) is 10.8. The summed E-state index contributed by atoms with van der Waals surface area (Å²) in [7, 11) is 3.65. The van der Waals surface area contributed by atoms with Crippen LogP contribution in [0.25, 0.3) is 5.69 Å². The van der Waals surface area contributed by atoms with Crippen molar-refractivity contribution in [3.8, 4) is 18.0 Å². The molecule has 0 atom stereocenters. The van der Waals surface area contributed by atoms with Crippen molar-refractivity contribution in [2.75, 3.05) is 45.6 Å². The number of aromatic nitrogens is 2. The van der Waals surface area contributed by atoms with E-state index in [0.717, 1.165) is 62.4 Å². The van der Waals surface area contributed by atoms with Crippen molar-refractivity contribution < 1.29 is 9.59 Å². The third-order valence-electron chi connectivity index (χ3n) is 5.52. The van der Waals surface area contributed by atoms with E-state index in [1.54, 1.807) is 17.8 Å². The summed E-state index contributed by atoms with van der Waals surface area (Å²) >= 11 is 0. The molecule has 1 fully saturated rings. The molecule has 4 amide bonds. The van der Waals surface area contributed by atoms with Crippen LogP contribution in [0.2, 0.25) is 0 Å².